The summed E-state index contributed by atoms with van der Waals surface area (Å²) >= 11 is 0. The Bertz CT molecular complexity index is 691. The van der Waals surface area contributed by atoms with Crippen LogP contribution in [0.4, 0.5) is 11.6 Å². The average Bonchev–Trinajstić information content (AvgIpc) is 2.68. The molecular weight excluding hydrogens is 266 g/mol. The van der Waals surface area contributed by atoms with Crippen LogP contribution in [0, 0.1) is 0 Å². The highest BCUT2D eigenvalue weighted by Crippen LogP contribution is 2.30. The molecule has 2 heterocycles. The van der Waals surface area contributed by atoms with E-state index in [1.165, 1.54) is 4.68 Å². The number of rotatable bonds is 3. The van der Waals surface area contributed by atoms with Crippen molar-refractivity contribution < 1.29 is 8.42 Å². The van der Waals surface area contributed by atoms with Crippen molar-refractivity contribution in [1.29, 1.82) is 0 Å². The third kappa shape index (κ3) is 2.39. The van der Waals surface area contributed by atoms with E-state index < -0.39 is 9.84 Å². The zero-order chi connectivity index (χ0) is 14.2. The van der Waals surface area contributed by atoms with Crippen molar-refractivity contribution in [1.82, 2.24) is 14.8 Å². The largest absolute Gasteiger partial charge is 0.382 e. The van der Waals surface area contributed by atoms with Gasteiger partial charge in [0.15, 0.2) is 20.6 Å². The Morgan fingerprint density at radius 2 is 1.84 bits per heavy atom. The second-order valence-corrected chi connectivity index (χ2v) is 6.27. The van der Waals surface area contributed by atoms with Crippen LogP contribution in [0.3, 0.4) is 0 Å². The first-order chi connectivity index (χ1) is 8.82. The summed E-state index contributed by atoms with van der Waals surface area (Å²) < 4.78 is 25.1. The van der Waals surface area contributed by atoms with Crippen molar-refractivity contribution >= 4 is 21.5 Å². The first-order valence-electron chi connectivity index (χ1n) is 5.48. The van der Waals surface area contributed by atoms with Gasteiger partial charge in [0, 0.05) is 32.7 Å². The molecule has 0 unspecified atom stereocenters. The number of aromatic nitrogens is 3. The number of pyridine rings is 1. The Kier molecular flexibility index (Phi) is 3.19. The topological polar surface area (TPSA) is 94.1 Å². The van der Waals surface area contributed by atoms with Crippen LogP contribution in [0.2, 0.25) is 0 Å². The van der Waals surface area contributed by atoms with Crippen molar-refractivity contribution in [3.63, 3.8) is 0 Å². The lowest BCUT2D eigenvalue weighted by molar-refractivity contribution is 0.602. The Labute approximate surface area is 111 Å². The molecule has 8 heteroatoms. The van der Waals surface area contributed by atoms with Crippen LogP contribution in [0.5, 0.6) is 0 Å². The predicted molar refractivity (Wildman–Crippen MR) is 73.2 cm³/mol. The molecule has 0 saturated heterocycles. The standard InChI is InChI=1S/C11H15N5O2S/c1-15(2)11-9(19(3,17)18)10(12)16(14-11)8-4-6-13-7-5-8/h4-7H,12H2,1-3H3. The summed E-state index contributed by atoms with van der Waals surface area (Å²) in [6, 6.07) is 3.41. The first kappa shape index (κ1) is 13.3. The van der Waals surface area contributed by atoms with E-state index in [0.29, 0.717) is 11.5 Å². The van der Waals surface area contributed by atoms with Gasteiger partial charge in [-0.2, -0.15) is 0 Å². The fraction of sp³-hybridized carbons (Fsp3) is 0.273. The molecule has 0 aliphatic rings. The molecule has 0 amide bonds. The van der Waals surface area contributed by atoms with Gasteiger partial charge in [-0.15, -0.1) is 5.10 Å². The molecule has 2 aromatic heterocycles. The van der Waals surface area contributed by atoms with Crippen molar-refractivity contribution in [3.05, 3.63) is 24.5 Å². The van der Waals surface area contributed by atoms with Crippen LogP contribution in [-0.4, -0.2) is 43.5 Å². The van der Waals surface area contributed by atoms with Crippen molar-refractivity contribution in [2.75, 3.05) is 31.0 Å². The Morgan fingerprint density at radius 1 is 1.26 bits per heavy atom. The second-order valence-electron chi connectivity index (χ2n) is 4.32. The Balaban J connectivity index is 2.74. The van der Waals surface area contributed by atoms with Crippen LogP contribution in [0.15, 0.2) is 29.4 Å². The van der Waals surface area contributed by atoms with Crippen LogP contribution in [-0.2, 0) is 9.84 Å². The lowest BCUT2D eigenvalue weighted by Crippen LogP contribution is -2.13. The minimum atomic E-state index is -3.46. The average molecular weight is 281 g/mol. The molecule has 19 heavy (non-hydrogen) atoms. The third-order valence-corrected chi connectivity index (χ3v) is 3.69. The number of nitrogen functional groups attached to an aromatic ring is 1. The summed E-state index contributed by atoms with van der Waals surface area (Å²) in [5, 5.41) is 4.26. The minimum Gasteiger partial charge on any atom is -0.382 e. The summed E-state index contributed by atoms with van der Waals surface area (Å²) in [4.78, 5) is 5.55. The molecular formula is C11H15N5O2S. The monoisotopic (exact) mass is 281 g/mol. The molecule has 7 nitrogen and oxygen atoms in total. The number of hydrogen-bond donors (Lipinski definition) is 1. The highest BCUT2D eigenvalue weighted by atomic mass is 32.2. The normalized spacial score (nSPS) is 11.5. The van der Waals surface area contributed by atoms with E-state index in [1.807, 2.05) is 0 Å². The molecule has 0 atom stereocenters. The first-order valence-corrected chi connectivity index (χ1v) is 7.38. The fourth-order valence-corrected chi connectivity index (χ4v) is 2.76. The minimum absolute atomic E-state index is 0.0364. The third-order valence-electron chi connectivity index (χ3n) is 2.56. The SMILES string of the molecule is CN(C)c1nn(-c2ccncc2)c(N)c1S(C)(=O)=O. The quantitative estimate of drug-likeness (QED) is 0.870. The summed E-state index contributed by atoms with van der Waals surface area (Å²) in [5.74, 6) is 0.411. The number of hydrogen-bond acceptors (Lipinski definition) is 6. The van der Waals surface area contributed by atoms with Crippen LogP contribution in [0.1, 0.15) is 0 Å². The zero-order valence-electron chi connectivity index (χ0n) is 10.9. The Hall–Kier alpha value is -2.09. The molecule has 0 bridgehead atoms. The number of sulfone groups is 1. The van der Waals surface area contributed by atoms with Crippen LogP contribution < -0.4 is 10.6 Å². The maximum Gasteiger partial charge on any atom is 0.182 e. The van der Waals surface area contributed by atoms with Crippen LogP contribution in [0.25, 0.3) is 5.69 Å². The maximum absolute atomic E-state index is 11.9. The van der Waals surface area contributed by atoms with E-state index in [-0.39, 0.29) is 10.7 Å². The summed E-state index contributed by atoms with van der Waals surface area (Å²) in [6.07, 6.45) is 4.29. The van der Waals surface area contributed by atoms with Crippen LogP contribution >= 0.6 is 0 Å². The molecule has 0 spiro atoms. The second kappa shape index (κ2) is 4.54. The van der Waals surface area contributed by atoms with Gasteiger partial charge in [0.1, 0.15) is 5.82 Å². The highest BCUT2D eigenvalue weighted by molar-refractivity contribution is 7.91. The van der Waals surface area contributed by atoms with E-state index in [1.54, 1.807) is 43.5 Å². The lowest BCUT2D eigenvalue weighted by Gasteiger charge is -2.09. The number of anilines is 2. The van der Waals surface area contributed by atoms with Gasteiger partial charge in [-0.05, 0) is 12.1 Å². The lowest BCUT2D eigenvalue weighted by atomic mass is 10.4. The van der Waals surface area contributed by atoms with Gasteiger partial charge < -0.3 is 10.6 Å². The number of nitrogens with zero attached hydrogens (tertiary/aromatic N) is 4. The molecule has 0 aliphatic carbocycles. The molecule has 102 valence electrons. The molecule has 0 saturated carbocycles. The molecule has 0 aromatic carbocycles. The van der Waals surface area contributed by atoms with E-state index in [0.717, 1.165) is 6.26 Å². The van der Waals surface area contributed by atoms with Crippen molar-refractivity contribution in [2.24, 2.45) is 0 Å². The van der Waals surface area contributed by atoms with E-state index in [4.69, 9.17) is 5.73 Å². The van der Waals surface area contributed by atoms with Crippen molar-refractivity contribution in [2.45, 2.75) is 4.90 Å². The predicted octanol–water partition coefficient (Wildman–Crippen LogP) is 0.319. The molecule has 0 fully saturated rings. The van der Waals surface area contributed by atoms with Crippen molar-refractivity contribution in [3.8, 4) is 5.69 Å². The van der Waals surface area contributed by atoms with Gasteiger partial charge in [-0.3, -0.25) is 4.98 Å². The summed E-state index contributed by atoms with van der Waals surface area (Å²) in [5.41, 5.74) is 6.59. The zero-order valence-corrected chi connectivity index (χ0v) is 11.7. The van der Waals surface area contributed by atoms with Gasteiger partial charge in [-0.1, -0.05) is 0 Å². The maximum atomic E-state index is 11.9. The van der Waals surface area contributed by atoms with E-state index in [9.17, 15) is 8.42 Å². The number of nitrogens with two attached hydrogens (primary N) is 1. The summed E-state index contributed by atoms with van der Waals surface area (Å²) in [7, 11) is -0.0307. The van der Waals surface area contributed by atoms with Gasteiger partial charge in [0.2, 0.25) is 0 Å². The molecule has 2 N–H and O–H groups in total. The van der Waals surface area contributed by atoms with E-state index in [2.05, 4.69) is 10.1 Å². The molecule has 2 aromatic rings. The van der Waals surface area contributed by atoms with E-state index >= 15 is 0 Å². The highest BCUT2D eigenvalue weighted by Gasteiger charge is 2.25. The fourth-order valence-electron chi connectivity index (χ4n) is 1.74. The van der Waals surface area contributed by atoms with Gasteiger partial charge in [0.25, 0.3) is 0 Å². The smallest absolute Gasteiger partial charge is 0.182 e. The van der Waals surface area contributed by atoms with Gasteiger partial charge in [-0.25, -0.2) is 13.1 Å². The summed E-state index contributed by atoms with van der Waals surface area (Å²) in [6.45, 7) is 0. The van der Waals surface area contributed by atoms with Gasteiger partial charge >= 0.3 is 0 Å². The van der Waals surface area contributed by atoms with Gasteiger partial charge in [0.05, 0.1) is 5.69 Å². The Morgan fingerprint density at radius 3 is 2.26 bits per heavy atom. The molecule has 2 rings (SSSR count). The molecule has 0 radical (unpaired) electrons. The molecule has 0 aliphatic heterocycles.